The van der Waals surface area contributed by atoms with E-state index < -0.39 is 11.9 Å². The second-order valence-corrected chi connectivity index (χ2v) is 6.33. The van der Waals surface area contributed by atoms with Gasteiger partial charge >= 0.3 is 5.97 Å². The SMILES string of the molecule is COc1cccc(NC(=O)CC(=O)c2ccc(-c3ccc(O)c(C(=O)O)c3)cc2)n1. The summed E-state index contributed by atoms with van der Waals surface area (Å²) in [5, 5.41) is 21.3. The zero-order valence-corrected chi connectivity index (χ0v) is 16.0. The van der Waals surface area contributed by atoms with Crippen LogP contribution in [0.25, 0.3) is 11.1 Å². The van der Waals surface area contributed by atoms with Crippen LogP contribution in [0.1, 0.15) is 27.1 Å². The van der Waals surface area contributed by atoms with Gasteiger partial charge in [0.05, 0.1) is 13.5 Å². The molecular weight excluding hydrogens is 388 g/mol. The number of carboxylic acid groups (broad SMARTS) is 1. The number of pyridine rings is 1. The maximum absolute atomic E-state index is 12.4. The van der Waals surface area contributed by atoms with Gasteiger partial charge in [0.15, 0.2) is 5.78 Å². The lowest BCUT2D eigenvalue weighted by Crippen LogP contribution is -2.17. The third-order valence-corrected chi connectivity index (χ3v) is 4.29. The number of carboxylic acids is 1. The molecule has 3 N–H and O–H groups in total. The number of anilines is 1. The zero-order chi connectivity index (χ0) is 21.7. The van der Waals surface area contributed by atoms with Crippen LogP contribution in [0.5, 0.6) is 11.6 Å². The summed E-state index contributed by atoms with van der Waals surface area (Å²) in [7, 11) is 1.46. The Bertz CT molecular complexity index is 1110. The molecule has 0 radical (unpaired) electrons. The molecular formula is C22H18N2O6. The van der Waals surface area contributed by atoms with Gasteiger partial charge in [0.2, 0.25) is 11.8 Å². The fourth-order valence-corrected chi connectivity index (χ4v) is 2.77. The van der Waals surface area contributed by atoms with E-state index in [1.165, 1.54) is 19.2 Å². The Morgan fingerprint density at radius 2 is 1.70 bits per heavy atom. The van der Waals surface area contributed by atoms with Gasteiger partial charge in [-0.2, -0.15) is 4.98 Å². The van der Waals surface area contributed by atoms with Crippen molar-refractivity contribution in [3.8, 4) is 22.8 Å². The van der Waals surface area contributed by atoms with E-state index in [0.29, 0.717) is 22.6 Å². The second-order valence-electron chi connectivity index (χ2n) is 6.33. The monoisotopic (exact) mass is 406 g/mol. The van der Waals surface area contributed by atoms with Crippen LogP contribution in [-0.2, 0) is 4.79 Å². The summed E-state index contributed by atoms with van der Waals surface area (Å²) in [6, 6.07) is 15.5. The molecule has 0 atom stereocenters. The molecule has 0 saturated carbocycles. The number of rotatable bonds is 7. The number of nitrogens with zero attached hydrogens (tertiary/aromatic N) is 1. The number of hydrogen-bond donors (Lipinski definition) is 3. The third-order valence-electron chi connectivity index (χ3n) is 4.29. The van der Waals surface area contributed by atoms with Crippen LogP contribution < -0.4 is 10.1 Å². The molecule has 1 amide bonds. The van der Waals surface area contributed by atoms with Crippen molar-refractivity contribution in [3.05, 3.63) is 71.8 Å². The maximum atomic E-state index is 12.4. The normalized spacial score (nSPS) is 10.3. The Hall–Kier alpha value is -4.20. The summed E-state index contributed by atoms with van der Waals surface area (Å²) in [6.45, 7) is 0. The van der Waals surface area contributed by atoms with Gasteiger partial charge in [-0.3, -0.25) is 9.59 Å². The maximum Gasteiger partial charge on any atom is 0.339 e. The molecule has 0 aliphatic carbocycles. The van der Waals surface area contributed by atoms with E-state index in [-0.39, 0.29) is 29.3 Å². The number of benzene rings is 2. The van der Waals surface area contributed by atoms with Gasteiger partial charge in [-0.25, -0.2) is 4.79 Å². The molecule has 8 heteroatoms. The van der Waals surface area contributed by atoms with E-state index in [2.05, 4.69) is 10.3 Å². The van der Waals surface area contributed by atoms with Crippen molar-refractivity contribution in [1.29, 1.82) is 0 Å². The van der Waals surface area contributed by atoms with Crippen LogP contribution in [0.15, 0.2) is 60.7 Å². The minimum Gasteiger partial charge on any atom is -0.507 e. The highest BCUT2D eigenvalue weighted by molar-refractivity contribution is 6.10. The number of ketones is 1. The molecule has 1 aromatic heterocycles. The summed E-state index contributed by atoms with van der Waals surface area (Å²) < 4.78 is 4.99. The summed E-state index contributed by atoms with van der Waals surface area (Å²) in [5.41, 5.74) is 1.37. The second kappa shape index (κ2) is 8.87. The first-order valence-electron chi connectivity index (χ1n) is 8.88. The van der Waals surface area contributed by atoms with Gasteiger partial charge in [0.25, 0.3) is 0 Å². The van der Waals surface area contributed by atoms with E-state index in [0.717, 1.165) is 0 Å². The van der Waals surface area contributed by atoms with Gasteiger partial charge in [0.1, 0.15) is 17.1 Å². The summed E-state index contributed by atoms with van der Waals surface area (Å²) in [6.07, 6.45) is -0.361. The summed E-state index contributed by atoms with van der Waals surface area (Å²) in [4.78, 5) is 39.7. The lowest BCUT2D eigenvalue weighted by molar-refractivity contribution is -0.115. The Balaban J connectivity index is 1.68. The number of Topliss-reactive ketones (excluding diaryl/α,β-unsaturated/α-hetero) is 1. The van der Waals surface area contributed by atoms with E-state index >= 15 is 0 Å². The number of aromatic hydroxyl groups is 1. The number of carbonyl (C=O) groups excluding carboxylic acids is 2. The van der Waals surface area contributed by atoms with Gasteiger partial charge in [-0.15, -0.1) is 0 Å². The molecule has 8 nitrogen and oxygen atoms in total. The minimum atomic E-state index is -1.24. The Kier molecular flexibility index (Phi) is 6.07. The molecule has 0 aliphatic heterocycles. The third kappa shape index (κ3) is 4.79. The number of methoxy groups -OCH3 is 1. The highest BCUT2D eigenvalue weighted by atomic mass is 16.5. The number of aromatic carboxylic acids is 1. The lowest BCUT2D eigenvalue weighted by atomic mass is 9.99. The molecule has 152 valence electrons. The van der Waals surface area contributed by atoms with Crippen molar-refractivity contribution in [1.82, 2.24) is 4.98 Å². The number of nitrogens with one attached hydrogen (secondary N) is 1. The van der Waals surface area contributed by atoms with Gasteiger partial charge < -0.3 is 20.3 Å². The average Bonchev–Trinajstić information content (AvgIpc) is 2.74. The standard InChI is InChI=1S/C22H18N2O6/c1-30-21-4-2-3-19(24-21)23-20(27)12-18(26)14-7-5-13(6-8-14)15-9-10-17(25)16(11-15)22(28)29/h2-11,25H,12H2,1H3,(H,28,29)(H,23,24,27). The number of ether oxygens (including phenoxy) is 1. The van der Waals surface area contributed by atoms with Crippen LogP contribution in [0, 0.1) is 0 Å². The van der Waals surface area contributed by atoms with E-state index in [9.17, 15) is 19.5 Å². The van der Waals surface area contributed by atoms with E-state index in [4.69, 9.17) is 9.84 Å². The Morgan fingerprint density at radius 1 is 1.00 bits per heavy atom. The zero-order valence-electron chi connectivity index (χ0n) is 16.0. The highest BCUT2D eigenvalue weighted by Crippen LogP contribution is 2.26. The molecule has 0 fully saturated rings. The van der Waals surface area contributed by atoms with Crippen molar-refractivity contribution < 1.29 is 29.3 Å². The topological polar surface area (TPSA) is 126 Å². The Labute approximate surface area is 171 Å². The van der Waals surface area contributed by atoms with Crippen LogP contribution in [0.2, 0.25) is 0 Å². The van der Waals surface area contributed by atoms with Crippen molar-refractivity contribution in [2.75, 3.05) is 12.4 Å². The van der Waals surface area contributed by atoms with E-state index in [1.54, 1.807) is 48.5 Å². The van der Waals surface area contributed by atoms with Crippen molar-refractivity contribution in [3.63, 3.8) is 0 Å². The smallest absolute Gasteiger partial charge is 0.339 e. The molecule has 0 aliphatic rings. The highest BCUT2D eigenvalue weighted by Gasteiger charge is 2.14. The largest absolute Gasteiger partial charge is 0.507 e. The van der Waals surface area contributed by atoms with Gasteiger partial charge in [0, 0.05) is 11.6 Å². The van der Waals surface area contributed by atoms with Gasteiger partial charge in [-0.05, 0) is 29.3 Å². The molecule has 0 unspecified atom stereocenters. The van der Waals surface area contributed by atoms with Crippen molar-refractivity contribution >= 4 is 23.5 Å². The number of phenols is 1. The first-order chi connectivity index (χ1) is 14.4. The van der Waals surface area contributed by atoms with Gasteiger partial charge in [-0.1, -0.05) is 36.4 Å². The van der Waals surface area contributed by atoms with Crippen LogP contribution in [-0.4, -0.2) is 40.0 Å². The van der Waals surface area contributed by atoms with Crippen molar-refractivity contribution in [2.24, 2.45) is 0 Å². The number of amides is 1. The molecule has 3 rings (SSSR count). The molecule has 3 aromatic rings. The van der Waals surface area contributed by atoms with Crippen molar-refractivity contribution in [2.45, 2.75) is 6.42 Å². The minimum absolute atomic E-state index is 0.213. The fourth-order valence-electron chi connectivity index (χ4n) is 2.77. The summed E-state index contributed by atoms with van der Waals surface area (Å²) in [5.74, 6) is -1.82. The predicted octanol–water partition coefficient (Wildman–Crippen LogP) is 3.37. The lowest BCUT2D eigenvalue weighted by Gasteiger charge is -2.07. The first kappa shape index (κ1) is 20.5. The molecule has 0 bridgehead atoms. The van der Waals surface area contributed by atoms with Crippen LogP contribution in [0.3, 0.4) is 0 Å². The number of carbonyl (C=O) groups is 3. The fraction of sp³-hybridized carbons (Fsp3) is 0.0909. The van der Waals surface area contributed by atoms with Crippen LogP contribution in [0.4, 0.5) is 5.82 Å². The number of hydrogen-bond acceptors (Lipinski definition) is 6. The van der Waals surface area contributed by atoms with Crippen LogP contribution >= 0.6 is 0 Å². The number of aromatic nitrogens is 1. The molecule has 30 heavy (non-hydrogen) atoms. The average molecular weight is 406 g/mol. The molecule has 2 aromatic carbocycles. The quantitative estimate of drug-likeness (QED) is 0.406. The first-order valence-corrected chi connectivity index (χ1v) is 8.88. The molecule has 0 spiro atoms. The molecule has 1 heterocycles. The summed E-state index contributed by atoms with van der Waals surface area (Å²) >= 11 is 0. The molecule has 0 saturated heterocycles. The van der Waals surface area contributed by atoms with E-state index in [1.807, 2.05) is 0 Å². The Morgan fingerprint density at radius 3 is 2.37 bits per heavy atom. The predicted molar refractivity (Wildman–Crippen MR) is 109 cm³/mol.